The highest BCUT2D eigenvalue weighted by atomic mass is 32.2. The molecule has 1 aliphatic rings. The van der Waals surface area contributed by atoms with Gasteiger partial charge in [-0.05, 0) is 53.9 Å². The lowest BCUT2D eigenvalue weighted by Gasteiger charge is -2.22. The molecule has 1 N–H and O–H groups in total. The first-order chi connectivity index (χ1) is 14.3. The Bertz CT molecular complexity index is 913. The Morgan fingerprint density at radius 3 is 2.33 bits per heavy atom. The third kappa shape index (κ3) is 5.66. The van der Waals surface area contributed by atoms with Crippen molar-refractivity contribution in [1.82, 2.24) is 5.32 Å². The number of ether oxygens (including phenoxy) is 1. The third-order valence-corrected chi connectivity index (χ3v) is 5.56. The summed E-state index contributed by atoms with van der Waals surface area (Å²) in [6.07, 6.45) is 4.24. The van der Waals surface area contributed by atoms with E-state index < -0.39 is 11.4 Å². The van der Waals surface area contributed by atoms with Crippen molar-refractivity contribution in [1.29, 1.82) is 0 Å². The van der Waals surface area contributed by atoms with Gasteiger partial charge in [0.15, 0.2) is 0 Å². The van der Waals surface area contributed by atoms with Crippen molar-refractivity contribution in [2.45, 2.75) is 28.8 Å². The molecule has 2 aromatic carbocycles. The predicted octanol–water partition coefficient (Wildman–Crippen LogP) is 4.93. The van der Waals surface area contributed by atoms with Crippen LogP contribution in [-0.4, -0.2) is 30.5 Å². The number of hydrogen-bond donors (Lipinski definition) is 1. The quantitative estimate of drug-likeness (QED) is 0.397. The molecule has 30 heavy (non-hydrogen) atoms. The highest BCUT2D eigenvalue weighted by molar-refractivity contribution is 8.00. The number of rotatable bonds is 6. The number of esters is 1. The van der Waals surface area contributed by atoms with Crippen molar-refractivity contribution in [2.75, 3.05) is 7.11 Å². The van der Waals surface area contributed by atoms with E-state index in [1.807, 2.05) is 42.5 Å². The molecule has 158 valence electrons. The molecule has 0 aromatic heterocycles. The molecule has 0 saturated carbocycles. The van der Waals surface area contributed by atoms with Crippen LogP contribution in [0.2, 0.25) is 0 Å². The van der Waals surface area contributed by atoms with Gasteiger partial charge in [0, 0.05) is 16.5 Å². The molecule has 3 atom stereocenters. The number of amides is 1. The van der Waals surface area contributed by atoms with Gasteiger partial charge in [-0.1, -0.05) is 42.5 Å². The minimum atomic E-state index is -4.37. The molecule has 0 radical (unpaired) electrons. The van der Waals surface area contributed by atoms with Crippen LogP contribution in [0.15, 0.2) is 71.6 Å². The van der Waals surface area contributed by atoms with Crippen molar-refractivity contribution < 1.29 is 27.5 Å². The van der Waals surface area contributed by atoms with Crippen LogP contribution in [0.5, 0.6) is 0 Å². The lowest BCUT2D eigenvalue weighted by atomic mass is 9.85. The lowest BCUT2D eigenvalue weighted by Crippen LogP contribution is -2.33. The maximum atomic E-state index is 12.5. The second-order valence-corrected chi connectivity index (χ2v) is 7.99. The molecule has 0 saturated heterocycles. The first-order valence-corrected chi connectivity index (χ1v) is 10.1. The molecule has 0 spiro atoms. The van der Waals surface area contributed by atoms with E-state index in [9.17, 15) is 22.8 Å². The van der Waals surface area contributed by atoms with Crippen LogP contribution in [0.25, 0.3) is 0 Å². The minimum absolute atomic E-state index is 0.0173. The fourth-order valence-electron chi connectivity index (χ4n) is 3.49. The first kappa shape index (κ1) is 22.0. The summed E-state index contributed by atoms with van der Waals surface area (Å²) < 4.78 is 42.2. The van der Waals surface area contributed by atoms with Gasteiger partial charge in [0.25, 0.3) is 5.91 Å². The molecular weight excluding hydrogens is 415 g/mol. The van der Waals surface area contributed by atoms with Crippen LogP contribution < -0.4 is 5.32 Å². The van der Waals surface area contributed by atoms with Crippen LogP contribution >= 0.6 is 11.8 Å². The van der Waals surface area contributed by atoms with E-state index in [1.54, 1.807) is 0 Å². The van der Waals surface area contributed by atoms with Crippen LogP contribution in [-0.2, 0) is 9.53 Å². The number of hydrogen-bond acceptors (Lipinski definition) is 4. The smallest absolute Gasteiger partial charge is 0.446 e. The zero-order chi connectivity index (χ0) is 21.7. The molecular formula is C22H20F3NO3S. The Morgan fingerprint density at radius 2 is 1.73 bits per heavy atom. The summed E-state index contributed by atoms with van der Waals surface area (Å²) in [5, 5.41) is 2.85. The number of alkyl halides is 3. The summed E-state index contributed by atoms with van der Waals surface area (Å²) in [6.45, 7) is 0. The van der Waals surface area contributed by atoms with E-state index in [4.69, 9.17) is 4.74 Å². The number of thioether (sulfide) groups is 1. The number of methoxy groups -OCH3 is 1. The highest BCUT2D eigenvalue weighted by Crippen LogP contribution is 2.37. The molecule has 8 heteroatoms. The number of benzene rings is 2. The maximum absolute atomic E-state index is 12.5. The van der Waals surface area contributed by atoms with Gasteiger partial charge in [-0.15, -0.1) is 0 Å². The summed E-state index contributed by atoms with van der Waals surface area (Å²) in [7, 11) is 1.34. The van der Waals surface area contributed by atoms with Gasteiger partial charge in [0.05, 0.1) is 13.0 Å². The Balaban J connectivity index is 1.63. The Hall–Kier alpha value is -2.74. The van der Waals surface area contributed by atoms with Crippen molar-refractivity contribution in [3.63, 3.8) is 0 Å². The number of nitrogens with one attached hydrogen (secondary N) is 1. The lowest BCUT2D eigenvalue weighted by molar-refractivity contribution is -0.143. The van der Waals surface area contributed by atoms with Gasteiger partial charge >= 0.3 is 11.5 Å². The number of carbonyl (C=O) groups is 2. The first-order valence-electron chi connectivity index (χ1n) is 9.24. The molecule has 0 aliphatic heterocycles. The zero-order valence-electron chi connectivity index (χ0n) is 16.1. The van der Waals surface area contributed by atoms with Gasteiger partial charge in [0.1, 0.15) is 0 Å². The monoisotopic (exact) mass is 435 g/mol. The van der Waals surface area contributed by atoms with E-state index >= 15 is 0 Å². The fraction of sp³-hybridized carbons (Fsp3) is 0.273. The van der Waals surface area contributed by atoms with Crippen LogP contribution in [0.3, 0.4) is 0 Å². The molecule has 0 bridgehead atoms. The summed E-state index contributed by atoms with van der Waals surface area (Å²) in [5.41, 5.74) is -3.27. The van der Waals surface area contributed by atoms with Crippen molar-refractivity contribution in [2.24, 2.45) is 5.92 Å². The topological polar surface area (TPSA) is 55.4 Å². The van der Waals surface area contributed by atoms with Crippen molar-refractivity contribution >= 4 is 23.6 Å². The Labute approximate surface area is 176 Å². The van der Waals surface area contributed by atoms with Gasteiger partial charge in [-0.3, -0.25) is 9.59 Å². The summed E-state index contributed by atoms with van der Waals surface area (Å²) in [4.78, 5) is 24.8. The predicted molar refractivity (Wildman–Crippen MR) is 108 cm³/mol. The largest absolute Gasteiger partial charge is 0.469 e. The molecule has 3 rings (SSSR count). The summed E-state index contributed by atoms with van der Waals surface area (Å²) in [6, 6.07) is 14.3. The van der Waals surface area contributed by atoms with Crippen molar-refractivity contribution in [3.8, 4) is 0 Å². The Morgan fingerprint density at radius 1 is 1.07 bits per heavy atom. The molecule has 2 aromatic rings. The fourth-order valence-corrected chi connectivity index (χ4v) is 4.03. The second kappa shape index (κ2) is 9.38. The molecule has 4 nitrogen and oxygen atoms in total. The third-order valence-electron chi connectivity index (χ3n) is 4.83. The number of halogens is 3. The van der Waals surface area contributed by atoms with Crippen LogP contribution in [0.4, 0.5) is 13.2 Å². The number of allylic oxidation sites excluding steroid dienone is 1. The highest BCUT2D eigenvalue weighted by Gasteiger charge is 2.34. The molecule has 1 amide bonds. The van der Waals surface area contributed by atoms with Gasteiger partial charge in [0.2, 0.25) is 0 Å². The van der Waals surface area contributed by atoms with E-state index in [0.29, 0.717) is 6.42 Å². The van der Waals surface area contributed by atoms with E-state index in [1.165, 1.54) is 31.4 Å². The molecule has 3 unspecified atom stereocenters. The van der Waals surface area contributed by atoms with Crippen molar-refractivity contribution in [3.05, 3.63) is 77.9 Å². The molecule has 0 heterocycles. The van der Waals surface area contributed by atoms with Gasteiger partial charge in [-0.2, -0.15) is 13.2 Å². The van der Waals surface area contributed by atoms with Gasteiger partial charge in [-0.25, -0.2) is 0 Å². The molecule has 0 fully saturated rings. The normalized spacial score (nSPS) is 19.3. The van der Waals surface area contributed by atoms with E-state index in [-0.39, 0.29) is 46.1 Å². The SMILES string of the molecule is COC(=O)C(c1ccccc1)C1C=CC(NC(=O)c2ccc(SC(F)(F)F)cc2)C1. The van der Waals surface area contributed by atoms with E-state index in [2.05, 4.69) is 5.32 Å². The summed E-state index contributed by atoms with van der Waals surface area (Å²) in [5.74, 6) is -1.35. The maximum Gasteiger partial charge on any atom is 0.446 e. The van der Waals surface area contributed by atoms with Gasteiger partial charge < -0.3 is 10.1 Å². The summed E-state index contributed by atoms with van der Waals surface area (Å²) >= 11 is -0.226. The average Bonchev–Trinajstić information content (AvgIpc) is 3.16. The van der Waals surface area contributed by atoms with E-state index in [0.717, 1.165) is 5.56 Å². The molecule has 1 aliphatic carbocycles. The van der Waals surface area contributed by atoms with Crippen LogP contribution in [0.1, 0.15) is 28.3 Å². The number of carbonyl (C=O) groups excluding carboxylic acids is 2. The Kier molecular flexibility index (Phi) is 6.87. The standard InChI is InChI=1S/C22H20F3NO3S/c1-29-21(28)19(14-5-3-2-4-6-14)16-7-10-17(13-16)26-20(27)15-8-11-18(12-9-15)30-22(23,24)25/h2-12,16-17,19H,13H2,1H3,(H,26,27). The minimum Gasteiger partial charge on any atom is -0.469 e. The van der Waals surface area contributed by atoms with Crippen LogP contribution in [0, 0.1) is 5.92 Å². The zero-order valence-corrected chi connectivity index (χ0v) is 16.9. The average molecular weight is 435 g/mol. The second-order valence-electron chi connectivity index (χ2n) is 6.85.